The number of aromatic nitrogens is 2. The van der Waals surface area contributed by atoms with E-state index in [9.17, 15) is 14.9 Å². The average molecular weight is 337 g/mol. The van der Waals surface area contributed by atoms with Crippen molar-refractivity contribution >= 4 is 40.9 Å². The molecule has 0 fully saturated rings. The number of rotatable bonds is 6. The average Bonchev–Trinajstić information content (AvgIpc) is 2.91. The number of nitro groups is 1. The van der Waals surface area contributed by atoms with Gasteiger partial charge in [0.25, 0.3) is 11.6 Å². The molecule has 2 rings (SSSR count). The third-order valence-electron chi connectivity index (χ3n) is 2.32. The van der Waals surface area contributed by atoms with E-state index >= 15 is 0 Å². The fraction of sp³-hybridized carbons (Fsp3) is 0.167. The number of hydrogen-bond donors (Lipinski definition) is 1. The fourth-order valence-electron chi connectivity index (χ4n) is 1.39. The maximum absolute atomic E-state index is 11.6. The van der Waals surface area contributed by atoms with E-state index in [2.05, 4.69) is 20.7 Å². The van der Waals surface area contributed by atoms with Crippen molar-refractivity contribution in [2.24, 2.45) is 5.10 Å². The molecule has 1 aromatic heterocycles. The van der Waals surface area contributed by atoms with Crippen molar-refractivity contribution in [1.29, 1.82) is 0 Å². The van der Waals surface area contributed by atoms with E-state index in [1.165, 1.54) is 41.4 Å². The zero-order valence-corrected chi connectivity index (χ0v) is 13.1. The summed E-state index contributed by atoms with van der Waals surface area (Å²) < 4.78 is 0.718. The molecule has 0 atom stereocenters. The zero-order valence-electron chi connectivity index (χ0n) is 11.4. The highest BCUT2D eigenvalue weighted by atomic mass is 32.2. The SMILES string of the molecule is Cc1nnc(SCC(=O)NN=Cc2cccc([N+](=O)[O-])c2)s1. The van der Waals surface area contributed by atoms with E-state index in [0.717, 1.165) is 9.35 Å². The van der Waals surface area contributed by atoms with Crippen molar-refractivity contribution in [3.8, 4) is 0 Å². The van der Waals surface area contributed by atoms with Crippen LogP contribution >= 0.6 is 23.1 Å². The standard InChI is InChI=1S/C12H11N5O3S2/c1-8-14-16-12(22-8)21-7-11(18)15-13-6-9-3-2-4-10(5-9)17(19)20/h2-6H,7H2,1H3,(H,15,18). The molecule has 0 unspecified atom stereocenters. The molecule has 8 nitrogen and oxygen atoms in total. The zero-order chi connectivity index (χ0) is 15.9. The Labute approximate surface area is 133 Å². The van der Waals surface area contributed by atoms with Gasteiger partial charge in [-0.05, 0) is 6.92 Å². The number of aryl methyl sites for hydroxylation is 1. The maximum atomic E-state index is 11.6. The van der Waals surface area contributed by atoms with Crippen LogP contribution in [0.25, 0.3) is 0 Å². The molecule has 1 heterocycles. The van der Waals surface area contributed by atoms with Gasteiger partial charge in [-0.25, -0.2) is 5.43 Å². The molecule has 1 amide bonds. The molecule has 0 spiro atoms. The second kappa shape index (κ2) is 7.61. The number of benzene rings is 1. The van der Waals surface area contributed by atoms with Crippen LogP contribution in [0.5, 0.6) is 0 Å². The Morgan fingerprint density at radius 3 is 3.05 bits per heavy atom. The molecular formula is C12H11N5O3S2. The van der Waals surface area contributed by atoms with E-state index in [1.54, 1.807) is 12.1 Å². The number of amides is 1. The van der Waals surface area contributed by atoms with E-state index in [1.807, 2.05) is 6.92 Å². The Morgan fingerprint density at radius 2 is 2.36 bits per heavy atom. The van der Waals surface area contributed by atoms with Gasteiger partial charge in [-0.3, -0.25) is 14.9 Å². The summed E-state index contributed by atoms with van der Waals surface area (Å²) in [6.07, 6.45) is 1.35. The third kappa shape index (κ3) is 4.90. The first-order valence-electron chi connectivity index (χ1n) is 6.04. The maximum Gasteiger partial charge on any atom is 0.270 e. The van der Waals surface area contributed by atoms with Gasteiger partial charge in [0.05, 0.1) is 16.9 Å². The quantitative estimate of drug-likeness (QED) is 0.373. The van der Waals surface area contributed by atoms with Crippen molar-refractivity contribution in [3.63, 3.8) is 0 Å². The summed E-state index contributed by atoms with van der Waals surface area (Å²) in [6, 6.07) is 5.96. The summed E-state index contributed by atoms with van der Waals surface area (Å²) in [5.41, 5.74) is 2.85. The fourth-order valence-corrected chi connectivity index (χ4v) is 3.00. The normalized spacial score (nSPS) is 10.8. The summed E-state index contributed by atoms with van der Waals surface area (Å²) in [6.45, 7) is 1.84. The van der Waals surface area contributed by atoms with Crippen molar-refractivity contribution < 1.29 is 9.72 Å². The molecule has 0 aliphatic rings. The van der Waals surface area contributed by atoms with Crippen LogP contribution in [0.15, 0.2) is 33.7 Å². The molecule has 1 aromatic carbocycles. The van der Waals surface area contributed by atoms with Crippen LogP contribution in [0.4, 0.5) is 5.69 Å². The number of nitrogens with zero attached hydrogens (tertiary/aromatic N) is 4. The summed E-state index contributed by atoms with van der Waals surface area (Å²) in [5, 5.41) is 23.0. The summed E-state index contributed by atoms with van der Waals surface area (Å²) in [5.74, 6) is -0.125. The first-order chi connectivity index (χ1) is 10.5. The second-order valence-electron chi connectivity index (χ2n) is 4.02. The van der Waals surface area contributed by atoms with Crippen LogP contribution in [0.2, 0.25) is 0 Å². The van der Waals surface area contributed by atoms with Crippen molar-refractivity contribution in [2.75, 3.05) is 5.75 Å². The summed E-state index contributed by atoms with van der Waals surface area (Å²) >= 11 is 2.68. The van der Waals surface area contributed by atoms with Crippen molar-refractivity contribution in [1.82, 2.24) is 15.6 Å². The van der Waals surface area contributed by atoms with Gasteiger partial charge in [-0.1, -0.05) is 35.2 Å². The van der Waals surface area contributed by atoms with Gasteiger partial charge < -0.3 is 0 Å². The first-order valence-corrected chi connectivity index (χ1v) is 7.84. The number of hydrazone groups is 1. The molecule has 10 heteroatoms. The van der Waals surface area contributed by atoms with Gasteiger partial charge in [-0.15, -0.1) is 10.2 Å². The molecule has 0 saturated heterocycles. The first kappa shape index (κ1) is 16.0. The highest BCUT2D eigenvalue weighted by Crippen LogP contribution is 2.21. The van der Waals surface area contributed by atoms with Crippen LogP contribution in [-0.4, -0.2) is 33.0 Å². The van der Waals surface area contributed by atoms with E-state index in [0.29, 0.717) is 5.56 Å². The Balaban J connectivity index is 1.82. The molecule has 0 bridgehead atoms. The molecule has 0 aliphatic carbocycles. The van der Waals surface area contributed by atoms with Crippen LogP contribution in [0, 0.1) is 17.0 Å². The van der Waals surface area contributed by atoms with E-state index < -0.39 is 4.92 Å². The van der Waals surface area contributed by atoms with Crippen LogP contribution < -0.4 is 5.43 Å². The summed E-state index contributed by atoms with van der Waals surface area (Å²) in [7, 11) is 0. The van der Waals surface area contributed by atoms with Gasteiger partial charge in [0.1, 0.15) is 5.01 Å². The third-order valence-corrected chi connectivity index (χ3v) is 4.29. The molecular weight excluding hydrogens is 326 g/mol. The number of non-ortho nitro benzene ring substituents is 1. The molecule has 0 saturated carbocycles. The monoisotopic (exact) mass is 337 g/mol. The highest BCUT2D eigenvalue weighted by Gasteiger charge is 2.06. The minimum Gasteiger partial charge on any atom is -0.272 e. The number of nitrogens with one attached hydrogen (secondary N) is 1. The smallest absolute Gasteiger partial charge is 0.270 e. The number of carbonyl (C=O) groups excluding carboxylic acids is 1. The van der Waals surface area contributed by atoms with Crippen LogP contribution in [0.1, 0.15) is 10.6 Å². The molecule has 0 aliphatic heterocycles. The Hall–Kier alpha value is -2.33. The Bertz CT molecular complexity index is 716. The van der Waals surface area contributed by atoms with Gasteiger partial charge in [0.15, 0.2) is 4.34 Å². The lowest BCUT2D eigenvalue weighted by Crippen LogP contribution is -2.19. The van der Waals surface area contributed by atoms with Crippen LogP contribution in [0.3, 0.4) is 0 Å². The predicted molar refractivity (Wildman–Crippen MR) is 84.2 cm³/mol. The molecule has 22 heavy (non-hydrogen) atoms. The molecule has 114 valence electrons. The number of carbonyl (C=O) groups is 1. The summed E-state index contributed by atoms with van der Waals surface area (Å²) in [4.78, 5) is 21.7. The Morgan fingerprint density at radius 1 is 1.55 bits per heavy atom. The van der Waals surface area contributed by atoms with Gasteiger partial charge >= 0.3 is 0 Å². The van der Waals surface area contributed by atoms with Gasteiger partial charge in [-0.2, -0.15) is 5.10 Å². The van der Waals surface area contributed by atoms with Crippen LogP contribution in [-0.2, 0) is 4.79 Å². The lowest BCUT2D eigenvalue weighted by molar-refractivity contribution is -0.384. The lowest BCUT2D eigenvalue weighted by Gasteiger charge is -1.97. The predicted octanol–water partition coefficient (Wildman–Crippen LogP) is 2.00. The number of nitro benzene ring substituents is 1. The topological polar surface area (TPSA) is 110 Å². The number of thioether (sulfide) groups is 1. The van der Waals surface area contributed by atoms with E-state index in [-0.39, 0.29) is 17.3 Å². The highest BCUT2D eigenvalue weighted by molar-refractivity contribution is 8.01. The van der Waals surface area contributed by atoms with Crippen molar-refractivity contribution in [2.45, 2.75) is 11.3 Å². The molecule has 2 aromatic rings. The minimum atomic E-state index is -0.489. The van der Waals surface area contributed by atoms with E-state index in [4.69, 9.17) is 0 Å². The Kier molecular flexibility index (Phi) is 5.55. The lowest BCUT2D eigenvalue weighted by atomic mass is 10.2. The minimum absolute atomic E-state index is 0.0301. The van der Waals surface area contributed by atoms with Gasteiger partial charge in [0, 0.05) is 17.7 Å². The molecule has 0 radical (unpaired) electrons. The largest absolute Gasteiger partial charge is 0.272 e. The van der Waals surface area contributed by atoms with Crippen molar-refractivity contribution in [3.05, 3.63) is 45.0 Å². The molecule has 1 N–H and O–H groups in total. The van der Waals surface area contributed by atoms with Gasteiger partial charge in [0.2, 0.25) is 0 Å². The second-order valence-corrected chi connectivity index (χ2v) is 6.43. The number of hydrogen-bond acceptors (Lipinski definition) is 8.